The van der Waals surface area contributed by atoms with Gasteiger partial charge in [0.05, 0.1) is 54.9 Å². The van der Waals surface area contributed by atoms with E-state index in [4.69, 9.17) is 18.9 Å². The van der Waals surface area contributed by atoms with Crippen molar-refractivity contribution in [2.45, 2.75) is 26.4 Å². The van der Waals surface area contributed by atoms with Crippen LogP contribution < -0.4 is 38.5 Å². The van der Waals surface area contributed by atoms with Crippen molar-refractivity contribution in [1.29, 1.82) is 0 Å². The Morgan fingerprint density at radius 1 is 0.232 bits per heavy atom. The average molecular weight is 1510 g/mol. The van der Waals surface area contributed by atoms with Crippen molar-refractivity contribution in [2.24, 2.45) is 0 Å². The van der Waals surface area contributed by atoms with Crippen LogP contribution in [0.3, 0.4) is 0 Å². The van der Waals surface area contributed by atoms with Crippen LogP contribution in [-0.2, 0) is 26.4 Å². The first-order valence-corrected chi connectivity index (χ1v) is 38.4. The highest BCUT2D eigenvalue weighted by molar-refractivity contribution is 7.17. The lowest BCUT2D eigenvalue weighted by atomic mass is 10.0. The molecule has 0 unspecified atom stereocenters. The molecule has 12 nitrogen and oxygen atoms in total. The molecular weight excluding hydrogens is 1430 g/mol. The third-order valence-corrected chi connectivity index (χ3v) is 22.1. The average Bonchev–Trinajstić information content (AvgIpc) is 1.64. The molecule has 14 heteroatoms. The first kappa shape index (κ1) is 74.4. The van der Waals surface area contributed by atoms with Crippen LogP contribution in [0.2, 0.25) is 0 Å². The van der Waals surface area contributed by atoms with E-state index >= 15 is 0 Å². The van der Waals surface area contributed by atoms with E-state index < -0.39 is 0 Å². The molecule has 0 atom stereocenters. The number of aliphatic hydroxyl groups excluding tert-OH is 4. The largest absolute Gasteiger partial charge is 0.497 e. The molecule has 112 heavy (non-hydrogen) atoms. The van der Waals surface area contributed by atoms with Crippen LogP contribution in [0.1, 0.15) is 43.1 Å². The number of rotatable bonds is 28. The van der Waals surface area contributed by atoms with Crippen LogP contribution in [0.25, 0.3) is 67.4 Å². The molecule has 0 saturated heterocycles. The topological polar surface area (TPSA) is 131 Å². The normalized spacial score (nSPS) is 11.3. The quantitative estimate of drug-likeness (QED) is 0.0372. The van der Waals surface area contributed by atoms with Crippen molar-refractivity contribution < 1.29 is 39.4 Å². The molecule has 4 N–H and O–H groups in total. The molecule has 0 saturated carbocycles. The number of methoxy groups -OCH3 is 4. The SMILES string of the molecule is COc1ccc(N(c2ccc(OC)cc2)c2ccc(-c3cc(-c4ccc(N(c5ccc(CO)cc5)c5ccc(OC)cc5)cc4)c(/C=C/c4ccc(/C=C/c5sc(-c6ccc(N(c7ccc(CO)cc7)c7ccc(CO)cc7)cc6)cc5-c5ccc(N(c6ccc(CO)cc6)c6ccc(OC)cc6)cc5)cc4)s3)cc2)cc1. The Labute approximate surface area is 661 Å². The lowest BCUT2D eigenvalue weighted by Crippen LogP contribution is -2.10. The van der Waals surface area contributed by atoms with Gasteiger partial charge in [0.25, 0.3) is 0 Å². The fraction of sp³-hybridized carbons (Fsp3) is 0.0816. The number of nitrogens with zero attached hydrogens (tertiary/aromatic N) is 4. The van der Waals surface area contributed by atoms with E-state index in [1.807, 2.05) is 146 Å². The lowest BCUT2D eigenvalue weighted by Gasteiger charge is -2.26. The van der Waals surface area contributed by atoms with Gasteiger partial charge in [0.1, 0.15) is 23.0 Å². The minimum absolute atomic E-state index is 0.0406. The van der Waals surface area contributed by atoms with Crippen LogP contribution in [0.4, 0.5) is 68.2 Å². The summed E-state index contributed by atoms with van der Waals surface area (Å²) in [5.74, 6) is 3.10. The van der Waals surface area contributed by atoms with E-state index in [9.17, 15) is 20.4 Å². The van der Waals surface area contributed by atoms with Crippen LogP contribution in [0, 0.1) is 0 Å². The molecule has 0 amide bonds. The standard InChI is InChI=1S/C98H82N4O8S2/c1-107-89-51-43-85(44-52-89)100(79-31-13-71(65-105)14-32-79)81-35-19-73(20-36-81)93-61-97(75-23-39-83(40-24-75)99(77-27-9-69(63-103)10-28-77)78-29-11-70(64-104)12-30-78)111-95(93)59-17-67-5-7-68(8-6-67)18-60-96-94(74-21-37-82(38-22-74)101(80-33-15-72(66-106)16-34-80)86-45-53-90(108-2)54-46-86)62-98(112-96)76-25-41-84(42-26-76)102(87-47-55-91(109-3)56-48-87)88-49-57-92(110-4)58-50-88/h5-62,103-106H,63-66H2,1-4H3/b59-17+,60-18+. The van der Waals surface area contributed by atoms with Gasteiger partial charge < -0.3 is 59.0 Å². The lowest BCUT2D eigenvalue weighted by molar-refractivity contribution is 0.281. The predicted molar refractivity (Wildman–Crippen MR) is 463 cm³/mol. The third kappa shape index (κ3) is 16.7. The molecular formula is C98H82N4O8S2. The maximum Gasteiger partial charge on any atom is 0.119 e. The monoisotopic (exact) mass is 1510 g/mol. The van der Waals surface area contributed by atoms with Crippen molar-refractivity contribution in [2.75, 3.05) is 48.0 Å². The van der Waals surface area contributed by atoms with Gasteiger partial charge in [-0.05, 0) is 274 Å². The molecule has 554 valence electrons. The molecule has 13 aromatic carbocycles. The second kappa shape index (κ2) is 34.7. The van der Waals surface area contributed by atoms with Crippen LogP contribution in [0.5, 0.6) is 23.0 Å². The second-order valence-electron chi connectivity index (χ2n) is 26.7. The van der Waals surface area contributed by atoms with Gasteiger partial charge in [0.15, 0.2) is 0 Å². The van der Waals surface area contributed by atoms with Crippen LogP contribution >= 0.6 is 22.7 Å². The highest BCUT2D eigenvalue weighted by atomic mass is 32.1. The van der Waals surface area contributed by atoms with Crippen molar-refractivity contribution >= 4 is 115 Å². The van der Waals surface area contributed by atoms with Gasteiger partial charge in [-0.25, -0.2) is 0 Å². The molecule has 2 aromatic heterocycles. The molecule has 15 rings (SSSR count). The number of hydrogen-bond acceptors (Lipinski definition) is 14. The summed E-state index contributed by atoms with van der Waals surface area (Å²) in [5.41, 5.74) is 23.5. The maximum absolute atomic E-state index is 9.97. The maximum atomic E-state index is 9.97. The Hall–Kier alpha value is -13.0. The van der Waals surface area contributed by atoms with E-state index in [0.29, 0.717) is 0 Å². The number of thiophene rings is 2. The first-order chi connectivity index (χ1) is 55.1. The summed E-state index contributed by atoms with van der Waals surface area (Å²) in [6.07, 6.45) is 8.86. The fourth-order valence-corrected chi connectivity index (χ4v) is 15.9. The number of benzene rings is 13. The summed E-state index contributed by atoms with van der Waals surface area (Å²) < 4.78 is 22.2. The molecule has 0 bridgehead atoms. The Morgan fingerprint density at radius 3 is 0.616 bits per heavy atom. The van der Waals surface area contributed by atoms with Crippen molar-refractivity contribution in [3.63, 3.8) is 0 Å². The zero-order valence-corrected chi connectivity index (χ0v) is 64.0. The van der Waals surface area contributed by atoms with Gasteiger partial charge in [-0.1, -0.05) is 133 Å². The van der Waals surface area contributed by atoms with Crippen LogP contribution in [0.15, 0.2) is 328 Å². The summed E-state index contributed by atoms with van der Waals surface area (Å²) in [5, 5.41) is 39.8. The third-order valence-electron chi connectivity index (χ3n) is 19.8. The van der Waals surface area contributed by atoms with E-state index in [0.717, 1.165) is 178 Å². The molecule has 0 fully saturated rings. The smallest absolute Gasteiger partial charge is 0.119 e. The summed E-state index contributed by atoms with van der Waals surface area (Å²) in [7, 11) is 6.70. The van der Waals surface area contributed by atoms with Gasteiger partial charge in [-0.3, -0.25) is 0 Å². The minimum atomic E-state index is -0.0478. The predicted octanol–water partition coefficient (Wildman–Crippen LogP) is 24.7. The Balaban J connectivity index is 0.763. The van der Waals surface area contributed by atoms with Crippen LogP contribution in [-0.4, -0.2) is 48.9 Å². The molecule has 0 aliphatic carbocycles. The van der Waals surface area contributed by atoms with E-state index in [2.05, 4.69) is 226 Å². The van der Waals surface area contributed by atoms with E-state index in [-0.39, 0.29) is 26.4 Å². The number of hydrogen-bond donors (Lipinski definition) is 4. The molecule has 0 spiro atoms. The van der Waals surface area contributed by atoms with E-state index in [1.165, 1.54) is 0 Å². The summed E-state index contributed by atoms with van der Waals surface area (Å²) in [6, 6.07) is 112. The first-order valence-electron chi connectivity index (χ1n) is 36.8. The van der Waals surface area contributed by atoms with Gasteiger partial charge in [0, 0.05) is 98.9 Å². The number of anilines is 12. The Bertz CT molecular complexity index is 5120. The van der Waals surface area contributed by atoms with Crippen molar-refractivity contribution in [1.82, 2.24) is 0 Å². The van der Waals surface area contributed by atoms with Crippen molar-refractivity contribution in [3.05, 3.63) is 371 Å². The highest BCUT2D eigenvalue weighted by Gasteiger charge is 2.22. The summed E-state index contributed by atoms with van der Waals surface area (Å²) in [6.45, 7) is -0.180. The summed E-state index contributed by atoms with van der Waals surface area (Å²) in [4.78, 5) is 13.2. The zero-order valence-electron chi connectivity index (χ0n) is 62.3. The van der Waals surface area contributed by atoms with E-state index in [1.54, 1.807) is 51.1 Å². The van der Waals surface area contributed by atoms with Gasteiger partial charge in [-0.15, -0.1) is 22.7 Å². The number of ether oxygens (including phenoxy) is 4. The molecule has 0 radical (unpaired) electrons. The molecule has 0 aliphatic rings. The summed E-state index contributed by atoms with van der Waals surface area (Å²) >= 11 is 3.50. The van der Waals surface area contributed by atoms with Gasteiger partial charge >= 0.3 is 0 Å². The fourth-order valence-electron chi connectivity index (χ4n) is 13.7. The molecule has 15 aromatic rings. The van der Waals surface area contributed by atoms with Crippen molar-refractivity contribution in [3.8, 4) is 66.1 Å². The van der Waals surface area contributed by atoms with Gasteiger partial charge in [0.2, 0.25) is 0 Å². The second-order valence-corrected chi connectivity index (χ2v) is 28.9. The zero-order chi connectivity index (χ0) is 76.9. The number of aliphatic hydroxyl groups is 4. The molecule has 2 heterocycles. The highest BCUT2D eigenvalue weighted by Crippen LogP contribution is 2.47. The Morgan fingerprint density at radius 2 is 0.420 bits per heavy atom. The Kier molecular flexibility index (Phi) is 23.1. The molecule has 0 aliphatic heterocycles. The minimum Gasteiger partial charge on any atom is -0.497 e. The van der Waals surface area contributed by atoms with Gasteiger partial charge in [-0.2, -0.15) is 0 Å².